The third-order valence-corrected chi connectivity index (χ3v) is 2.41. The Kier molecular flexibility index (Phi) is 16.2. The van der Waals surface area contributed by atoms with Gasteiger partial charge < -0.3 is 33.9 Å². The van der Waals surface area contributed by atoms with E-state index < -0.39 is 11.9 Å². The van der Waals surface area contributed by atoms with Gasteiger partial charge in [-0.25, -0.2) is 0 Å². The maximum Gasteiger partial charge on any atom is 0.305 e. The smallest absolute Gasteiger partial charge is 0.305 e. The minimum Gasteiger partial charge on any atom is -0.481 e. The highest BCUT2D eigenvalue weighted by Crippen LogP contribution is 1.86. The molecular formula is C14H26O9. The fourth-order valence-corrected chi connectivity index (χ4v) is 1.30. The van der Waals surface area contributed by atoms with Crippen LogP contribution in [0.2, 0.25) is 0 Å². The summed E-state index contributed by atoms with van der Waals surface area (Å²) < 4.78 is 25.8. The van der Waals surface area contributed by atoms with Gasteiger partial charge in [-0.15, -0.1) is 0 Å². The van der Waals surface area contributed by atoms with Crippen LogP contribution in [-0.4, -0.2) is 88.2 Å². The van der Waals surface area contributed by atoms with E-state index in [1.54, 1.807) is 0 Å². The Hall–Kier alpha value is -1.26. The largest absolute Gasteiger partial charge is 0.481 e. The third kappa shape index (κ3) is 20.7. The number of aliphatic carboxylic acids is 2. The second-order valence-corrected chi connectivity index (χ2v) is 4.35. The molecule has 0 aromatic rings. The van der Waals surface area contributed by atoms with Crippen molar-refractivity contribution in [3.05, 3.63) is 0 Å². The third-order valence-electron chi connectivity index (χ3n) is 2.41. The summed E-state index contributed by atoms with van der Waals surface area (Å²) in [5.74, 6) is -1.76. The number of carboxylic acids is 2. The van der Waals surface area contributed by atoms with E-state index in [-0.39, 0.29) is 26.1 Å². The molecule has 0 radical (unpaired) electrons. The summed E-state index contributed by atoms with van der Waals surface area (Å²) in [7, 11) is 0. The molecular weight excluding hydrogens is 312 g/mol. The standard InChI is InChI=1S/C14H26O9/c15-13(16)1-3-19-5-7-21-9-11-23-12-10-22-8-6-20-4-2-14(17)18/h1-12H2,(H,15,16)(H,17,18). The van der Waals surface area contributed by atoms with E-state index >= 15 is 0 Å². The van der Waals surface area contributed by atoms with Crippen LogP contribution in [0.3, 0.4) is 0 Å². The van der Waals surface area contributed by atoms with Gasteiger partial charge in [0.15, 0.2) is 0 Å². The van der Waals surface area contributed by atoms with E-state index in [9.17, 15) is 9.59 Å². The van der Waals surface area contributed by atoms with Crippen molar-refractivity contribution in [1.82, 2.24) is 0 Å². The van der Waals surface area contributed by atoms with Crippen molar-refractivity contribution in [2.75, 3.05) is 66.1 Å². The molecule has 0 aromatic carbocycles. The highest BCUT2D eigenvalue weighted by molar-refractivity contribution is 5.66. The Balaban J connectivity index is 3.00. The Bertz CT molecular complexity index is 268. The molecule has 0 fully saturated rings. The molecule has 0 bridgehead atoms. The van der Waals surface area contributed by atoms with Crippen LogP contribution in [0.25, 0.3) is 0 Å². The molecule has 0 unspecified atom stereocenters. The second-order valence-electron chi connectivity index (χ2n) is 4.35. The Morgan fingerprint density at radius 1 is 0.478 bits per heavy atom. The first-order valence-corrected chi connectivity index (χ1v) is 7.45. The van der Waals surface area contributed by atoms with Gasteiger partial charge in [-0.1, -0.05) is 0 Å². The fraction of sp³-hybridized carbons (Fsp3) is 0.857. The normalized spacial score (nSPS) is 10.8. The topological polar surface area (TPSA) is 121 Å². The van der Waals surface area contributed by atoms with Crippen molar-refractivity contribution in [2.24, 2.45) is 0 Å². The van der Waals surface area contributed by atoms with E-state index in [2.05, 4.69) is 0 Å². The molecule has 0 aromatic heterocycles. The number of hydrogen-bond acceptors (Lipinski definition) is 7. The van der Waals surface area contributed by atoms with Crippen molar-refractivity contribution in [3.63, 3.8) is 0 Å². The van der Waals surface area contributed by atoms with Gasteiger partial charge in [0.1, 0.15) is 0 Å². The summed E-state index contributed by atoms with van der Waals surface area (Å²) in [5.41, 5.74) is 0. The average molecular weight is 338 g/mol. The lowest BCUT2D eigenvalue weighted by atomic mass is 10.5. The molecule has 0 aliphatic carbocycles. The lowest BCUT2D eigenvalue weighted by Crippen LogP contribution is -2.14. The van der Waals surface area contributed by atoms with Crippen molar-refractivity contribution in [3.8, 4) is 0 Å². The van der Waals surface area contributed by atoms with Crippen LogP contribution in [0.15, 0.2) is 0 Å². The predicted molar refractivity (Wildman–Crippen MR) is 78.6 cm³/mol. The van der Waals surface area contributed by atoms with Crippen LogP contribution < -0.4 is 0 Å². The molecule has 0 heterocycles. The molecule has 23 heavy (non-hydrogen) atoms. The minimum absolute atomic E-state index is 0.00624. The van der Waals surface area contributed by atoms with Gasteiger partial charge >= 0.3 is 11.9 Å². The second kappa shape index (κ2) is 17.1. The monoisotopic (exact) mass is 338 g/mol. The Morgan fingerprint density at radius 2 is 0.696 bits per heavy atom. The van der Waals surface area contributed by atoms with Crippen molar-refractivity contribution in [2.45, 2.75) is 12.8 Å². The van der Waals surface area contributed by atoms with E-state index in [4.69, 9.17) is 33.9 Å². The number of ether oxygens (including phenoxy) is 5. The summed E-state index contributed by atoms with van der Waals surface area (Å²) in [4.78, 5) is 20.4. The molecule has 0 saturated heterocycles. The number of carboxylic acid groups (broad SMARTS) is 2. The highest BCUT2D eigenvalue weighted by atomic mass is 16.6. The maximum absolute atomic E-state index is 10.2. The van der Waals surface area contributed by atoms with Crippen molar-refractivity contribution in [1.29, 1.82) is 0 Å². The Morgan fingerprint density at radius 3 is 0.913 bits per heavy atom. The van der Waals surface area contributed by atoms with Crippen molar-refractivity contribution < 1.29 is 43.5 Å². The van der Waals surface area contributed by atoms with Crippen LogP contribution in [0.4, 0.5) is 0 Å². The predicted octanol–water partition coefficient (Wildman–Crippen LogP) is 0.0188. The minimum atomic E-state index is -0.881. The quantitative estimate of drug-likeness (QED) is 0.333. The summed E-state index contributed by atoms with van der Waals surface area (Å²) in [6.45, 7) is 3.62. The summed E-state index contributed by atoms with van der Waals surface area (Å²) in [6, 6.07) is 0. The van der Waals surface area contributed by atoms with Gasteiger partial charge in [0.2, 0.25) is 0 Å². The SMILES string of the molecule is O=C(O)CCOCCOCCOCCOCCOCCC(=O)O. The Labute approximate surface area is 135 Å². The van der Waals surface area contributed by atoms with Gasteiger partial charge in [0, 0.05) is 0 Å². The number of hydrogen-bond donors (Lipinski definition) is 2. The van der Waals surface area contributed by atoms with Crippen LogP contribution in [-0.2, 0) is 33.3 Å². The lowest BCUT2D eigenvalue weighted by molar-refractivity contribution is -0.139. The number of carbonyl (C=O) groups is 2. The zero-order valence-electron chi connectivity index (χ0n) is 13.2. The first-order valence-electron chi connectivity index (χ1n) is 7.45. The van der Waals surface area contributed by atoms with Gasteiger partial charge in [-0.2, -0.15) is 0 Å². The van der Waals surface area contributed by atoms with E-state index in [0.29, 0.717) is 52.9 Å². The molecule has 9 heteroatoms. The van der Waals surface area contributed by atoms with E-state index in [1.807, 2.05) is 0 Å². The first kappa shape index (κ1) is 21.7. The molecule has 0 atom stereocenters. The lowest BCUT2D eigenvalue weighted by Gasteiger charge is -2.07. The number of rotatable bonds is 18. The molecule has 2 N–H and O–H groups in total. The zero-order chi connectivity index (χ0) is 17.2. The average Bonchev–Trinajstić information content (AvgIpc) is 2.49. The van der Waals surface area contributed by atoms with Gasteiger partial charge in [-0.05, 0) is 0 Å². The maximum atomic E-state index is 10.2. The van der Waals surface area contributed by atoms with Crippen LogP contribution >= 0.6 is 0 Å². The molecule has 0 aliphatic heterocycles. The summed E-state index contributed by atoms with van der Waals surface area (Å²) in [5, 5.41) is 16.8. The van der Waals surface area contributed by atoms with Gasteiger partial charge in [-0.3, -0.25) is 9.59 Å². The summed E-state index contributed by atoms with van der Waals surface area (Å²) >= 11 is 0. The first-order chi connectivity index (χ1) is 11.1. The van der Waals surface area contributed by atoms with E-state index in [1.165, 1.54) is 0 Å². The fourth-order valence-electron chi connectivity index (χ4n) is 1.30. The highest BCUT2D eigenvalue weighted by Gasteiger charge is 1.97. The molecule has 9 nitrogen and oxygen atoms in total. The van der Waals surface area contributed by atoms with Gasteiger partial charge in [0.25, 0.3) is 0 Å². The van der Waals surface area contributed by atoms with Crippen molar-refractivity contribution >= 4 is 11.9 Å². The molecule has 0 spiro atoms. The zero-order valence-corrected chi connectivity index (χ0v) is 13.2. The van der Waals surface area contributed by atoms with Gasteiger partial charge in [0.05, 0.1) is 78.9 Å². The summed E-state index contributed by atoms with van der Waals surface area (Å²) in [6.07, 6.45) is -0.0125. The van der Waals surface area contributed by atoms with Crippen LogP contribution in [0.1, 0.15) is 12.8 Å². The van der Waals surface area contributed by atoms with Crippen LogP contribution in [0.5, 0.6) is 0 Å². The molecule has 0 saturated carbocycles. The molecule has 136 valence electrons. The molecule has 0 aliphatic rings. The molecule has 0 amide bonds. The van der Waals surface area contributed by atoms with E-state index in [0.717, 1.165) is 0 Å². The molecule has 0 rings (SSSR count). The van der Waals surface area contributed by atoms with Crippen LogP contribution in [0, 0.1) is 0 Å².